The van der Waals surface area contributed by atoms with E-state index in [2.05, 4.69) is 27.7 Å². The minimum absolute atomic E-state index is 1.42. The Morgan fingerprint density at radius 3 is 1.13 bits per heavy atom. The predicted octanol–water partition coefficient (Wildman–Crippen LogP) is 5.86. The van der Waals surface area contributed by atoms with Gasteiger partial charge >= 0.3 is 103 Å². The van der Waals surface area contributed by atoms with E-state index in [0.29, 0.717) is 0 Å². The second kappa shape index (κ2) is 10.1. The molecule has 0 aliphatic rings. The van der Waals surface area contributed by atoms with Crippen molar-refractivity contribution in [3.8, 4) is 0 Å². The summed E-state index contributed by atoms with van der Waals surface area (Å²) < 4.78 is 6.70. The van der Waals surface area contributed by atoms with E-state index in [4.69, 9.17) is 0 Å². The quantitative estimate of drug-likeness (QED) is 0.398. The molecule has 0 unspecified atom stereocenters. The van der Waals surface area contributed by atoms with Crippen LogP contribution >= 0.6 is 0 Å². The number of hydrogen-bond donors (Lipinski definition) is 0. The van der Waals surface area contributed by atoms with E-state index in [1.54, 1.807) is 15.9 Å². The molecule has 92 valence electrons. The summed E-state index contributed by atoms with van der Waals surface area (Å²) in [4.78, 5) is 0. The molecular weight excluding hydrogens is 375 g/mol. The molecule has 0 saturated heterocycles. The summed E-state index contributed by atoms with van der Waals surface area (Å²) in [7, 11) is 0. The van der Waals surface area contributed by atoms with Gasteiger partial charge in [-0.1, -0.05) is 0 Å². The third-order valence-corrected chi connectivity index (χ3v) is 26.3. The van der Waals surface area contributed by atoms with Crippen LogP contribution in [-0.4, -0.2) is 21.2 Å². The maximum atomic E-state index is 2.50. The summed E-state index contributed by atoms with van der Waals surface area (Å²) in [5.41, 5.74) is 0. The molecule has 0 heterocycles. The molecule has 0 rings (SSSR count). The summed E-state index contributed by atoms with van der Waals surface area (Å²) in [6, 6.07) is 0. The topological polar surface area (TPSA) is 0 Å². The van der Waals surface area contributed by atoms with Crippen molar-refractivity contribution in [2.24, 2.45) is 0 Å². The summed E-state index contributed by atoms with van der Waals surface area (Å²) >= 11 is -1.75. The fourth-order valence-corrected chi connectivity index (χ4v) is 22.5. The first kappa shape index (κ1) is 15.9. The van der Waals surface area contributed by atoms with Gasteiger partial charge in [0.1, 0.15) is 0 Å². The number of rotatable bonds is 10. The Kier molecular flexibility index (Phi) is 10.7. The van der Waals surface area contributed by atoms with Gasteiger partial charge in [-0.3, -0.25) is 0 Å². The maximum absolute atomic E-state index is 2.50. The van der Waals surface area contributed by atoms with Crippen LogP contribution in [0.4, 0.5) is 0 Å². The molecule has 0 aromatic heterocycles. The molecule has 1 heteroatoms. The molecule has 0 aromatic rings. The van der Waals surface area contributed by atoms with Crippen LogP contribution in [0.1, 0.15) is 66.2 Å². The van der Waals surface area contributed by atoms with Crippen LogP contribution in [0.5, 0.6) is 0 Å². The Morgan fingerprint density at radius 1 is 0.600 bits per heavy atom. The first-order valence-electron chi connectivity index (χ1n) is 7.24. The second-order valence-corrected chi connectivity index (χ2v) is 25.4. The molecule has 15 heavy (non-hydrogen) atoms. The summed E-state index contributed by atoms with van der Waals surface area (Å²) in [6.07, 6.45) is 8.84. The monoisotopic (exact) mass is 408 g/mol. The Labute approximate surface area is 103 Å². The van der Waals surface area contributed by atoms with Gasteiger partial charge in [0.05, 0.1) is 0 Å². The molecule has 0 atom stereocenters. The van der Waals surface area contributed by atoms with Gasteiger partial charge in [0.15, 0.2) is 0 Å². The number of unbranched alkanes of at least 4 members (excludes halogenated alkanes) is 3. The molecule has 0 aliphatic carbocycles. The average Bonchev–Trinajstić information content (AvgIpc) is 2.29. The first-order chi connectivity index (χ1) is 7.24. The fourth-order valence-electron chi connectivity index (χ4n) is 2.56. The van der Waals surface area contributed by atoms with E-state index in [1.807, 2.05) is 0 Å². The molecule has 0 bridgehead atoms. The molecule has 0 N–H and O–H groups in total. The van der Waals surface area contributed by atoms with Crippen molar-refractivity contribution in [2.45, 2.75) is 82.1 Å². The van der Waals surface area contributed by atoms with E-state index >= 15 is 0 Å². The van der Waals surface area contributed by atoms with Gasteiger partial charge in [-0.15, -0.1) is 0 Å². The van der Waals surface area contributed by atoms with Crippen molar-refractivity contribution >= 4 is 21.2 Å². The average molecular weight is 408 g/mol. The SMILES string of the molecule is CCC[CH2][Pb]([CH2]C)([CH2]CCC)[CH2]CCC. The van der Waals surface area contributed by atoms with Crippen LogP contribution in [0.3, 0.4) is 0 Å². The Morgan fingerprint density at radius 2 is 0.933 bits per heavy atom. The molecular formula is C14H32Pb. The third-order valence-electron chi connectivity index (χ3n) is 3.93. The zero-order chi connectivity index (χ0) is 11.6. The minimum atomic E-state index is -1.75. The molecule has 0 aromatic carbocycles. The summed E-state index contributed by atoms with van der Waals surface area (Å²) in [5.74, 6) is 0. The fraction of sp³-hybridized carbons (Fsp3) is 1.00. The van der Waals surface area contributed by atoms with E-state index in [0.717, 1.165) is 0 Å². The van der Waals surface area contributed by atoms with Gasteiger partial charge < -0.3 is 0 Å². The van der Waals surface area contributed by atoms with Crippen molar-refractivity contribution in [2.75, 3.05) is 0 Å². The van der Waals surface area contributed by atoms with Gasteiger partial charge in [0.2, 0.25) is 0 Å². The zero-order valence-corrected chi connectivity index (χ0v) is 15.5. The van der Waals surface area contributed by atoms with E-state index < -0.39 is 21.2 Å². The molecule has 0 amide bonds. The van der Waals surface area contributed by atoms with Gasteiger partial charge in [0.25, 0.3) is 0 Å². The van der Waals surface area contributed by atoms with Crippen molar-refractivity contribution in [1.82, 2.24) is 0 Å². The normalized spacial score (nSPS) is 12.0. The van der Waals surface area contributed by atoms with Crippen molar-refractivity contribution < 1.29 is 0 Å². The predicted molar refractivity (Wildman–Crippen MR) is 75.4 cm³/mol. The van der Waals surface area contributed by atoms with Crippen LogP contribution in [0.15, 0.2) is 0 Å². The Bertz CT molecular complexity index is 110. The van der Waals surface area contributed by atoms with Crippen molar-refractivity contribution in [3.63, 3.8) is 0 Å². The van der Waals surface area contributed by atoms with Crippen LogP contribution in [0.2, 0.25) is 15.9 Å². The second-order valence-electron chi connectivity index (χ2n) is 5.16. The van der Waals surface area contributed by atoms with E-state index in [9.17, 15) is 0 Å². The zero-order valence-electron chi connectivity index (χ0n) is 11.6. The molecule has 0 nitrogen and oxygen atoms in total. The first-order valence-corrected chi connectivity index (χ1v) is 18.2. The van der Waals surface area contributed by atoms with Gasteiger partial charge in [-0.2, -0.15) is 0 Å². The molecule has 0 aliphatic heterocycles. The van der Waals surface area contributed by atoms with Gasteiger partial charge in [0, 0.05) is 0 Å². The van der Waals surface area contributed by atoms with Gasteiger partial charge in [-0.05, 0) is 0 Å². The summed E-state index contributed by atoms with van der Waals surface area (Å²) in [6.45, 7) is 9.57. The van der Waals surface area contributed by atoms with Crippen LogP contribution < -0.4 is 0 Å². The van der Waals surface area contributed by atoms with Crippen molar-refractivity contribution in [1.29, 1.82) is 0 Å². The Balaban J connectivity index is 4.16. The van der Waals surface area contributed by atoms with Crippen LogP contribution in [-0.2, 0) is 0 Å². The van der Waals surface area contributed by atoms with Gasteiger partial charge in [-0.25, -0.2) is 0 Å². The molecule has 0 radical (unpaired) electrons. The van der Waals surface area contributed by atoms with Crippen LogP contribution in [0.25, 0.3) is 0 Å². The Hall–Kier alpha value is 0.922. The van der Waals surface area contributed by atoms with E-state index in [-0.39, 0.29) is 0 Å². The number of hydrogen-bond acceptors (Lipinski definition) is 0. The standard InChI is InChI=1S/3C4H9.C2H5.Pb/c3*1-3-4-2;1-2;/h3*1,3-4H2,2H3;1H2,2H3;. The van der Waals surface area contributed by atoms with Crippen LogP contribution in [0, 0.1) is 0 Å². The molecule has 0 fully saturated rings. The molecule has 0 saturated carbocycles. The molecule has 0 spiro atoms. The van der Waals surface area contributed by atoms with Crippen molar-refractivity contribution in [3.05, 3.63) is 0 Å². The summed E-state index contributed by atoms with van der Waals surface area (Å²) in [5, 5.41) is 0. The third kappa shape index (κ3) is 6.96. The van der Waals surface area contributed by atoms with E-state index in [1.165, 1.54) is 38.5 Å².